The van der Waals surface area contributed by atoms with Crippen LogP contribution in [-0.2, 0) is 6.42 Å². The van der Waals surface area contributed by atoms with Crippen molar-refractivity contribution in [3.63, 3.8) is 0 Å². The minimum absolute atomic E-state index is 0.0309. The number of nitrogens with zero attached hydrogens (tertiary/aromatic N) is 2. The summed E-state index contributed by atoms with van der Waals surface area (Å²) in [6.07, 6.45) is 4.19. The fourth-order valence-corrected chi connectivity index (χ4v) is 5.47. The molecule has 1 aromatic heterocycles. The molecule has 39 heavy (non-hydrogen) atoms. The van der Waals surface area contributed by atoms with Crippen molar-refractivity contribution in [1.29, 1.82) is 0 Å². The average molecular weight is 523 g/mol. The number of fused-ring (bicyclic) bond motifs is 1. The quantitative estimate of drug-likeness (QED) is 0.297. The van der Waals surface area contributed by atoms with Gasteiger partial charge in [0.25, 0.3) is 0 Å². The van der Waals surface area contributed by atoms with Gasteiger partial charge in [-0.05, 0) is 52.9 Å². The third-order valence-corrected chi connectivity index (χ3v) is 7.28. The molecule has 200 valence electrons. The first-order valence-electron chi connectivity index (χ1n) is 13.2. The second kappa shape index (κ2) is 12.5. The molecule has 2 N–H and O–H groups in total. The van der Waals surface area contributed by atoms with E-state index in [-0.39, 0.29) is 18.0 Å². The van der Waals surface area contributed by atoms with E-state index in [1.807, 2.05) is 0 Å². The molecule has 2 heterocycles. The van der Waals surface area contributed by atoms with Gasteiger partial charge in [-0.15, -0.1) is 0 Å². The van der Waals surface area contributed by atoms with Crippen LogP contribution in [0.5, 0.6) is 11.5 Å². The number of pyridine rings is 1. The Morgan fingerprint density at radius 3 is 2.15 bits per heavy atom. The summed E-state index contributed by atoms with van der Waals surface area (Å²) in [7, 11) is 3.35. The van der Waals surface area contributed by atoms with Gasteiger partial charge in [0.15, 0.2) is 11.5 Å². The molecule has 1 atom stereocenters. The van der Waals surface area contributed by atoms with E-state index in [1.54, 1.807) is 38.7 Å². The summed E-state index contributed by atoms with van der Waals surface area (Å²) in [6.45, 7) is 2.06. The number of ether oxygens (including phenoxy) is 2. The van der Waals surface area contributed by atoms with Gasteiger partial charge in [-0.3, -0.25) is 9.88 Å². The number of carbonyl (C=O) groups excluding carboxylic acids is 1. The lowest BCUT2D eigenvalue weighted by atomic mass is 9.77. The first-order valence-corrected chi connectivity index (χ1v) is 13.2. The van der Waals surface area contributed by atoms with Crippen LogP contribution in [0, 0.1) is 0 Å². The zero-order valence-electron chi connectivity index (χ0n) is 22.3. The number of nitrogens with one attached hydrogen (secondary N) is 2. The summed E-state index contributed by atoms with van der Waals surface area (Å²) >= 11 is 0. The fraction of sp³-hybridized carbons (Fsp3) is 0.250. The summed E-state index contributed by atoms with van der Waals surface area (Å²) in [5.74, 6) is 1.54. The van der Waals surface area contributed by atoms with Crippen LogP contribution < -0.4 is 20.1 Å². The van der Waals surface area contributed by atoms with Gasteiger partial charge in [0, 0.05) is 49.7 Å². The number of carbonyl (C=O) groups is 1. The number of hydrogen-bond donors (Lipinski definition) is 2. The van der Waals surface area contributed by atoms with Crippen LogP contribution in [-0.4, -0.2) is 49.8 Å². The number of urea groups is 1. The smallest absolute Gasteiger partial charge is 0.319 e. The third-order valence-electron chi connectivity index (χ3n) is 7.28. The lowest BCUT2D eigenvalue weighted by molar-refractivity contribution is 0.169. The van der Waals surface area contributed by atoms with Crippen LogP contribution in [0.4, 0.5) is 10.5 Å². The monoisotopic (exact) mass is 522 g/mol. The maximum absolute atomic E-state index is 12.6. The van der Waals surface area contributed by atoms with Crippen molar-refractivity contribution >= 4 is 11.7 Å². The number of amides is 2. The van der Waals surface area contributed by atoms with Crippen molar-refractivity contribution in [2.45, 2.75) is 18.4 Å². The van der Waals surface area contributed by atoms with Crippen molar-refractivity contribution in [2.24, 2.45) is 0 Å². The van der Waals surface area contributed by atoms with E-state index in [2.05, 4.69) is 93.3 Å². The lowest BCUT2D eigenvalue weighted by Gasteiger charge is -2.42. The zero-order valence-corrected chi connectivity index (χ0v) is 22.3. The summed E-state index contributed by atoms with van der Waals surface area (Å²) in [5, 5.41) is 5.90. The first kappa shape index (κ1) is 26.3. The maximum atomic E-state index is 12.6. The molecule has 1 aliphatic heterocycles. The molecule has 0 fully saturated rings. The summed E-state index contributed by atoms with van der Waals surface area (Å²) in [5.41, 5.74) is 5.67. The van der Waals surface area contributed by atoms with E-state index < -0.39 is 0 Å². The molecule has 2 amide bonds. The molecule has 3 aromatic carbocycles. The van der Waals surface area contributed by atoms with Crippen LogP contribution in [0.15, 0.2) is 97.3 Å². The fourth-order valence-electron chi connectivity index (χ4n) is 5.47. The molecule has 0 saturated heterocycles. The Morgan fingerprint density at radius 1 is 0.923 bits per heavy atom. The Labute approximate surface area is 229 Å². The van der Waals surface area contributed by atoms with Gasteiger partial charge in [0.05, 0.1) is 14.2 Å². The highest BCUT2D eigenvalue weighted by atomic mass is 16.5. The van der Waals surface area contributed by atoms with Gasteiger partial charge in [0.2, 0.25) is 0 Å². The van der Waals surface area contributed by atoms with Crippen molar-refractivity contribution in [2.75, 3.05) is 39.2 Å². The molecule has 0 spiro atoms. The van der Waals surface area contributed by atoms with Gasteiger partial charge in [-0.1, -0.05) is 60.7 Å². The van der Waals surface area contributed by atoms with Crippen molar-refractivity contribution in [1.82, 2.24) is 15.2 Å². The van der Waals surface area contributed by atoms with Crippen LogP contribution in [0.1, 0.15) is 34.2 Å². The molecule has 4 aromatic rings. The summed E-state index contributed by atoms with van der Waals surface area (Å²) < 4.78 is 11.4. The summed E-state index contributed by atoms with van der Waals surface area (Å²) in [4.78, 5) is 19.0. The number of anilines is 1. The second-order valence-electron chi connectivity index (χ2n) is 9.55. The normalized spacial score (nSPS) is 14.9. The highest BCUT2D eigenvalue weighted by Gasteiger charge is 2.36. The van der Waals surface area contributed by atoms with Gasteiger partial charge < -0.3 is 20.1 Å². The molecule has 0 radical (unpaired) electrons. The molecule has 7 nitrogen and oxygen atoms in total. The molecule has 0 saturated carbocycles. The molecular weight excluding hydrogens is 488 g/mol. The minimum atomic E-state index is -0.232. The number of methoxy groups -OCH3 is 2. The van der Waals surface area contributed by atoms with E-state index in [1.165, 1.54) is 22.3 Å². The van der Waals surface area contributed by atoms with Gasteiger partial charge >= 0.3 is 6.03 Å². The van der Waals surface area contributed by atoms with Gasteiger partial charge in [-0.2, -0.15) is 0 Å². The number of aromatic nitrogens is 1. The number of hydrogen-bond acceptors (Lipinski definition) is 5. The van der Waals surface area contributed by atoms with Crippen molar-refractivity contribution in [3.05, 3.63) is 120 Å². The van der Waals surface area contributed by atoms with Crippen molar-refractivity contribution < 1.29 is 14.3 Å². The summed E-state index contributed by atoms with van der Waals surface area (Å²) in [6, 6.07) is 28.9. The van der Waals surface area contributed by atoms with E-state index in [4.69, 9.17) is 9.47 Å². The molecule has 0 aliphatic carbocycles. The van der Waals surface area contributed by atoms with Crippen LogP contribution in [0.25, 0.3) is 0 Å². The maximum Gasteiger partial charge on any atom is 0.319 e. The molecule has 0 bridgehead atoms. The van der Waals surface area contributed by atoms with Crippen LogP contribution in [0.2, 0.25) is 0 Å². The van der Waals surface area contributed by atoms with Gasteiger partial charge in [-0.25, -0.2) is 4.79 Å². The standard InChI is InChI=1S/C32H34N4O3/c1-38-28-21-25-15-19-36(20-18-34-32(37)35-26-13-16-33-17-14-26)31(27(25)22-29(28)39-2)30(23-9-5-3-6-10-23)24-11-7-4-8-12-24/h3-14,16-17,21-22,30-31H,15,18-20H2,1-2H3,(H2,33,34,35,37). The average Bonchev–Trinajstić information content (AvgIpc) is 2.99. The first-order chi connectivity index (χ1) is 19.2. The van der Waals surface area contributed by atoms with E-state index in [9.17, 15) is 4.79 Å². The van der Waals surface area contributed by atoms with E-state index >= 15 is 0 Å². The highest BCUT2D eigenvalue weighted by Crippen LogP contribution is 2.46. The predicted octanol–water partition coefficient (Wildman–Crippen LogP) is 5.65. The Bertz CT molecular complexity index is 1330. The minimum Gasteiger partial charge on any atom is -0.493 e. The predicted molar refractivity (Wildman–Crippen MR) is 154 cm³/mol. The Morgan fingerprint density at radius 2 is 1.54 bits per heavy atom. The largest absolute Gasteiger partial charge is 0.493 e. The molecular formula is C32H34N4O3. The molecule has 5 rings (SSSR count). The van der Waals surface area contributed by atoms with Crippen LogP contribution >= 0.6 is 0 Å². The number of rotatable bonds is 9. The third kappa shape index (κ3) is 6.04. The van der Waals surface area contributed by atoms with Crippen LogP contribution in [0.3, 0.4) is 0 Å². The highest BCUT2D eigenvalue weighted by molar-refractivity contribution is 5.89. The zero-order chi connectivity index (χ0) is 27.0. The Balaban J connectivity index is 1.48. The molecule has 7 heteroatoms. The second-order valence-corrected chi connectivity index (χ2v) is 9.55. The van der Waals surface area contributed by atoms with E-state index in [0.717, 1.165) is 24.5 Å². The topological polar surface area (TPSA) is 75.7 Å². The lowest BCUT2D eigenvalue weighted by Crippen LogP contribution is -2.43. The number of benzene rings is 3. The van der Waals surface area contributed by atoms with Crippen molar-refractivity contribution in [3.8, 4) is 11.5 Å². The Kier molecular flexibility index (Phi) is 8.39. The SMILES string of the molecule is COc1cc2c(cc1OC)C(C(c1ccccc1)c1ccccc1)N(CCNC(=O)Nc1ccncc1)CC2. The van der Waals surface area contributed by atoms with Gasteiger partial charge in [0.1, 0.15) is 0 Å². The Hall–Kier alpha value is -4.36. The molecule has 1 aliphatic rings. The van der Waals surface area contributed by atoms with E-state index in [0.29, 0.717) is 18.8 Å². The molecule has 1 unspecified atom stereocenters.